The Morgan fingerprint density at radius 2 is 0.638 bits per heavy atom. The summed E-state index contributed by atoms with van der Waals surface area (Å²) in [5.74, 6) is -0.966. The first-order valence-electron chi connectivity index (χ1n) is 27.8. The van der Waals surface area contributed by atoms with Gasteiger partial charge in [0.15, 0.2) is 6.10 Å². The molecule has 0 aromatic heterocycles. The number of ether oxygens (including phenoxy) is 3. The number of carbonyl (C=O) groups is 3. The van der Waals surface area contributed by atoms with Gasteiger partial charge in [-0.3, -0.25) is 14.4 Å². The van der Waals surface area contributed by atoms with Crippen molar-refractivity contribution in [3.05, 3.63) is 134 Å². The Hall–Kier alpha value is -4.45. The maximum atomic E-state index is 12.9. The van der Waals surface area contributed by atoms with Crippen LogP contribution in [0.5, 0.6) is 0 Å². The lowest BCUT2D eigenvalue weighted by Crippen LogP contribution is -2.30. The fraction of sp³-hybridized carbons (Fsp3) is 0.603. The van der Waals surface area contributed by atoms with Gasteiger partial charge in [0.1, 0.15) is 13.2 Å². The monoisotopic (exact) mass is 953 g/mol. The summed E-state index contributed by atoms with van der Waals surface area (Å²) >= 11 is 0. The first-order valence-corrected chi connectivity index (χ1v) is 27.8. The van der Waals surface area contributed by atoms with Gasteiger partial charge in [0, 0.05) is 19.3 Å². The van der Waals surface area contributed by atoms with Crippen molar-refractivity contribution in [3.63, 3.8) is 0 Å². The van der Waals surface area contributed by atoms with E-state index in [0.717, 1.165) is 109 Å². The highest BCUT2D eigenvalue weighted by molar-refractivity contribution is 5.71. The molecular weight excluding hydrogens is 853 g/mol. The lowest BCUT2D eigenvalue weighted by Gasteiger charge is -2.18. The maximum Gasteiger partial charge on any atom is 0.306 e. The number of esters is 3. The van der Waals surface area contributed by atoms with Crippen molar-refractivity contribution in [1.82, 2.24) is 0 Å². The molecule has 0 saturated heterocycles. The van der Waals surface area contributed by atoms with E-state index in [9.17, 15) is 14.4 Å². The summed E-state index contributed by atoms with van der Waals surface area (Å²) in [5.41, 5.74) is 0. The number of hydrogen-bond donors (Lipinski definition) is 0. The highest BCUT2D eigenvalue weighted by Gasteiger charge is 2.19. The molecule has 0 spiro atoms. The van der Waals surface area contributed by atoms with Gasteiger partial charge < -0.3 is 14.2 Å². The average Bonchev–Trinajstić information content (AvgIpc) is 3.35. The van der Waals surface area contributed by atoms with Gasteiger partial charge in [0.2, 0.25) is 0 Å². The normalized spacial score (nSPS) is 13.1. The van der Waals surface area contributed by atoms with Crippen LogP contribution in [0.2, 0.25) is 0 Å². The number of rotatable bonds is 48. The molecule has 0 amide bonds. The Balaban J connectivity index is 4.53. The summed E-state index contributed by atoms with van der Waals surface area (Å²) < 4.78 is 16.8. The van der Waals surface area contributed by atoms with E-state index >= 15 is 0 Å². The van der Waals surface area contributed by atoms with E-state index in [0.29, 0.717) is 19.3 Å². The zero-order chi connectivity index (χ0) is 50.0. The molecule has 1 atom stereocenters. The summed E-state index contributed by atoms with van der Waals surface area (Å²) in [4.78, 5) is 38.1. The van der Waals surface area contributed by atoms with Crippen LogP contribution in [0, 0.1) is 0 Å². The third-order valence-electron chi connectivity index (χ3n) is 11.3. The van der Waals surface area contributed by atoms with Crippen LogP contribution in [0.25, 0.3) is 0 Å². The second kappa shape index (κ2) is 56.1. The van der Waals surface area contributed by atoms with E-state index in [1.807, 2.05) is 72.9 Å². The third-order valence-corrected chi connectivity index (χ3v) is 11.3. The van der Waals surface area contributed by atoms with Crippen molar-refractivity contribution in [2.45, 2.75) is 232 Å². The molecular formula is C63H100O6. The third kappa shape index (κ3) is 54.4. The van der Waals surface area contributed by atoms with Crippen LogP contribution >= 0.6 is 0 Å². The molecule has 0 bridgehead atoms. The van der Waals surface area contributed by atoms with Crippen molar-refractivity contribution in [1.29, 1.82) is 0 Å². The molecule has 0 radical (unpaired) electrons. The van der Waals surface area contributed by atoms with E-state index in [-0.39, 0.29) is 31.1 Å². The molecule has 0 aliphatic rings. The predicted octanol–water partition coefficient (Wildman–Crippen LogP) is 18.6. The average molecular weight is 953 g/mol. The molecule has 0 aromatic carbocycles. The van der Waals surface area contributed by atoms with Crippen LogP contribution in [-0.4, -0.2) is 37.2 Å². The van der Waals surface area contributed by atoms with Crippen molar-refractivity contribution in [2.75, 3.05) is 13.2 Å². The Morgan fingerprint density at radius 3 is 1.07 bits per heavy atom. The Morgan fingerprint density at radius 1 is 0.319 bits per heavy atom. The van der Waals surface area contributed by atoms with E-state index in [1.165, 1.54) is 77.0 Å². The van der Waals surface area contributed by atoms with E-state index < -0.39 is 6.10 Å². The van der Waals surface area contributed by atoms with Crippen molar-refractivity contribution in [2.24, 2.45) is 0 Å². The largest absolute Gasteiger partial charge is 0.462 e. The molecule has 69 heavy (non-hydrogen) atoms. The van der Waals surface area contributed by atoms with Gasteiger partial charge in [-0.2, -0.15) is 0 Å². The number of allylic oxidation sites excluding steroid dienone is 22. The van der Waals surface area contributed by atoms with E-state index in [4.69, 9.17) is 14.2 Å². The topological polar surface area (TPSA) is 78.9 Å². The van der Waals surface area contributed by atoms with Crippen LogP contribution < -0.4 is 0 Å². The number of unbranched alkanes of at least 4 members (excludes halogenated alkanes) is 21. The highest BCUT2D eigenvalue weighted by Crippen LogP contribution is 2.15. The number of hydrogen-bond acceptors (Lipinski definition) is 6. The van der Waals surface area contributed by atoms with Crippen LogP contribution in [0.4, 0.5) is 0 Å². The van der Waals surface area contributed by atoms with Gasteiger partial charge >= 0.3 is 17.9 Å². The summed E-state index contributed by atoms with van der Waals surface area (Å²) in [6, 6.07) is 0. The van der Waals surface area contributed by atoms with Gasteiger partial charge in [-0.05, 0) is 77.0 Å². The zero-order valence-corrected chi connectivity index (χ0v) is 44.3. The van der Waals surface area contributed by atoms with Gasteiger partial charge in [-0.1, -0.05) is 264 Å². The molecule has 0 heterocycles. The van der Waals surface area contributed by atoms with Crippen LogP contribution in [-0.2, 0) is 28.6 Å². The first-order chi connectivity index (χ1) is 34.0. The maximum absolute atomic E-state index is 12.9. The number of carbonyl (C=O) groups excluding carboxylic acids is 3. The van der Waals surface area contributed by atoms with Crippen LogP contribution in [0.3, 0.4) is 0 Å². The standard InChI is InChI=1S/C63H100O6/c1-4-7-10-13-16-19-22-25-27-29-31-33-35-38-41-44-47-50-53-56-62(65)68-59-60(58-67-61(64)55-52-49-46-43-40-37-24-21-18-15-12-9-6-3)69-63(66)57-54-51-48-45-42-39-36-34-32-30-28-26-23-20-17-14-11-8-5-2/h7-8,10-11,13,16-17,19-20,22,25-29,31-35,38,41,60H,4-6,9,12,14-15,18,21,23-24,30,36-37,39-40,42-59H2,1-3H3/b10-7-,11-8-,16-13-,20-17-,22-19-,27-25-,28-26-,31-29+,34-32-,35-33-,41-38-. The molecule has 0 aliphatic heterocycles. The smallest absolute Gasteiger partial charge is 0.306 e. The minimum Gasteiger partial charge on any atom is -0.462 e. The SMILES string of the molecule is CC\C=C/C=C\C=C/C=C\C=C\C=C/C=C\CCCCCC(=O)OCC(COC(=O)CCCCCCCCCCCCCCC)OC(=O)CCCCCCCC/C=C\C/C=C\C/C=C\C/C=C\CC. The zero-order valence-electron chi connectivity index (χ0n) is 44.3. The highest BCUT2D eigenvalue weighted by atomic mass is 16.6. The lowest BCUT2D eigenvalue weighted by molar-refractivity contribution is -0.167. The minimum absolute atomic E-state index is 0.102. The van der Waals surface area contributed by atoms with Crippen LogP contribution in [0.1, 0.15) is 226 Å². The van der Waals surface area contributed by atoms with Gasteiger partial charge in [0.05, 0.1) is 0 Å². The van der Waals surface area contributed by atoms with Gasteiger partial charge in [0.25, 0.3) is 0 Å². The summed E-state index contributed by atoms with van der Waals surface area (Å²) in [6.07, 6.45) is 78.6. The van der Waals surface area contributed by atoms with Crippen LogP contribution in [0.15, 0.2) is 134 Å². The first kappa shape index (κ1) is 64.5. The molecule has 6 nitrogen and oxygen atoms in total. The fourth-order valence-corrected chi connectivity index (χ4v) is 7.24. The summed E-state index contributed by atoms with van der Waals surface area (Å²) in [5, 5.41) is 0. The van der Waals surface area contributed by atoms with E-state index in [1.54, 1.807) is 0 Å². The summed E-state index contributed by atoms with van der Waals surface area (Å²) in [7, 11) is 0. The fourth-order valence-electron chi connectivity index (χ4n) is 7.24. The lowest BCUT2D eigenvalue weighted by atomic mass is 10.0. The second-order valence-corrected chi connectivity index (χ2v) is 17.9. The van der Waals surface area contributed by atoms with Gasteiger partial charge in [-0.25, -0.2) is 0 Å². The molecule has 0 fully saturated rings. The Labute approximate surface area is 424 Å². The Kier molecular flexibility index (Phi) is 52.5. The molecule has 0 N–H and O–H groups in total. The van der Waals surface area contributed by atoms with Gasteiger partial charge in [-0.15, -0.1) is 0 Å². The molecule has 0 saturated carbocycles. The molecule has 0 rings (SSSR count). The molecule has 1 unspecified atom stereocenters. The van der Waals surface area contributed by atoms with Crippen molar-refractivity contribution in [3.8, 4) is 0 Å². The molecule has 0 aliphatic carbocycles. The summed E-state index contributed by atoms with van der Waals surface area (Å²) in [6.45, 7) is 6.32. The Bertz CT molecular complexity index is 1510. The minimum atomic E-state index is -0.809. The second-order valence-electron chi connectivity index (χ2n) is 17.9. The molecule has 388 valence electrons. The van der Waals surface area contributed by atoms with E-state index in [2.05, 4.69) is 81.5 Å². The van der Waals surface area contributed by atoms with Crippen molar-refractivity contribution < 1.29 is 28.6 Å². The molecule has 0 aromatic rings. The molecule has 6 heteroatoms. The van der Waals surface area contributed by atoms with Crippen molar-refractivity contribution >= 4 is 17.9 Å². The predicted molar refractivity (Wildman–Crippen MR) is 297 cm³/mol. The quantitative estimate of drug-likeness (QED) is 0.0199.